The fraction of sp³-hybridized carbons (Fsp3) is 0.375. The first-order valence-corrected chi connectivity index (χ1v) is 5.10. The third kappa shape index (κ3) is 1.97. The molecule has 5 nitrogen and oxygen atoms in total. The number of thiazole rings is 1. The van der Waals surface area contributed by atoms with Gasteiger partial charge in [-0.15, -0.1) is 11.3 Å². The molecule has 1 atom stereocenters. The molecular formula is C8H11N5S. The molecule has 74 valence electrons. The van der Waals surface area contributed by atoms with Gasteiger partial charge >= 0.3 is 0 Å². The molecule has 6 heteroatoms. The average Bonchev–Trinajstić information content (AvgIpc) is 2.75. The first kappa shape index (κ1) is 9.29. The molecule has 0 aliphatic carbocycles. The van der Waals surface area contributed by atoms with Crippen LogP contribution in [0.1, 0.15) is 22.9 Å². The molecule has 0 amide bonds. The van der Waals surface area contributed by atoms with Gasteiger partial charge in [0.1, 0.15) is 17.7 Å². The maximum absolute atomic E-state index is 5.74. The maximum Gasteiger partial charge on any atom is 0.137 e. The van der Waals surface area contributed by atoms with Crippen molar-refractivity contribution in [2.75, 3.05) is 0 Å². The fourth-order valence-corrected chi connectivity index (χ4v) is 1.93. The standard InChI is InChI=1S/C8H11N5S/c1-6(9)7-2-11-8(14-7)3-13-5-10-4-12-13/h2,4-6H,3,9H2,1H3. The lowest BCUT2D eigenvalue weighted by Gasteiger charge is -1.97. The molecule has 2 aromatic rings. The van der Waals surface area contributed by atoms with E-state index in [1.165, 1.54) is 6.33 Å². The Labute approximate surface area is 85.6 Å². The highest BCUT2D eigenvalue weighted by molar-refractivity contribution is 7.11. The zero-order chi connectivity index (χ0) is 9.97. The van der Waals surface area contributed by atoms with Crippen molar-refractivity contribution >= 4 is 11.3 Å². The number of aromatic nitrogens is 4. The molecule has 2 aromatic heterocycles. The van der Waals surface area contributed by atoms with Gasteiger partial charge in [-0.1, -0.05) is 0 Å². The molecule has 0 aliphatic heterocycles. The van der Waals surface area contributed by atoms with E-state index in [-0.39, 0.29) is 6.04 Å². The highest BCUT2D eigenvalue weighted by Crippen LogP contribution is 2.18. The Morgan fingerprint density at radius 3 is 3.07 bits per heavy atom. The van der Waals surface area contributed by atoms with Crippen LogP contribution in [0.3, 0.4) is 0 Å². The summed E-state index contributed by atoms with van der Waals surface area (Å²) in [6.07, 6.45) is 5.01. The molecule has 2 N–H and O–H groups in total. The average molecular weight is 209 g/mol. The topological polar surface area (TPSA) is 69.6 Å². The summed E-state index contributed by atoms with van der Waals surface area (Å²) in [5.74, 6) is 0. The van der Waals surface area contributed by atoms with Crippen LogP contribution in [0.15, 0.2) is 18.9 Å². The molecule has 0 aromatic carbocycles. The van der Waals surface area contributed by atoms with Crippen molar-refractivity contribution in [1.82, 2.24) is 19.7 Å². The molecule has 2 rings (SSSR count). The quantitative estimate of drug-likeness (QED) is 0.811. The summed E-state index contributed by atoms with van der Waals surface area (Å²) >= 11 is 1.61. The van der Waals surface area contributed by atoms with Gasteiger partial charge in [-0.05, 0) is 6.92 Å². The van der Waals surface area contributed by atoms with E-state index < -0.39 is 0 Å². The summed E-state index contributed by atoms with van der Waals surface area (Å²) in [6, 6.07) is 0.0528. The number of nitrogens with two attached hydrogens (primary N) is 1. The van der Waals surface area contributed by atoms with Gasteiger partial charge in [-0.25, -0.2) is 14.6 Å². The lowest BCUT2D eigenvalue weighted by atomic mass is 10.3. The largest absolute Gasteiger partial charge is 0.323 e. The van der Waals surface area contributed by atoms with E-state index >= 15 is 0 Å². The van der Waals surface area contributed by atoms with Crippen LogP contribution in [0.5, 0.6) is 0 Å². The van der Waals surface area contributed by atoms with Gasteiger partial charge in [0.2, 0.25) is 0 Å². The molecule has 0 saturated carbocycles. The Morgan fingerprint density at radius 1 is 1.64 bits per heavy atom. The normalized spacial score (nSPS) is 13.0. The van der Waals surface area contributed by atoms with E-state index in [1.807, 2.05) is 13.1 Å². The third-order valence-electron chi connectivity index (χ3n) is 1.78. The number of nitrogens with zero attached hydrogens (tertiary/aromatic N) is 4. The summed E-state index contributed by atoms with van der Waals surface area (Å²) in [6.45, 7) is 2.62. The first-order chi connectivity index (χ1) is 6.75. The van der Waals surface area contributed by atoms with Crippen molar-refractivity contribution in [2.24, 2.45) is 5.73 Å². The van der Waals surface area contributed by atoms with Crippen molar-refractivity contribution in [3.05, 3.63) is 28.7 Å². The van der Waals surface area contributed by atoms with Crippen LogP contribution in [0.2, 0.25) is 0 Å². The molecule has 0 saturated heterocycles. The number of hydrogen-bond donors (Lipinski definition) is 1. The summed E-state index contributed by atoms with van der Waals surface area (Å²) < 4.78 is 1.74. The van der Waals surface area contributed by atoms with E-state index in [2.05, 4.69) is 15.1 Å². The van der Waals surface area contributed by atoms with Crippen LogP contribution in [0.25, 0.3) is 0 Å². The minimum absolute atomic E-state index is 0.0528. The Morgan fingerprint density at radius 2 is 2.50 bits per heavy atom. The molecule has 0 radical (unpaired) electrons. The zero-order valence-electron chi connectivity index (χ0n) is 7.79. The van der Waals surface area contributed by atoms with Crippen LogP contribution in [-0.4, -0.2) is 19.7 Å². The van der Waals surface area contributed by atoms with Gasteiger partial charge in [-0.3, -0.25) is 0 Å². The predicted octanol–water partition coefficient (Wildman–Crippen LogP) is 0.803. The second-order valence-corrected chi connectivity index (χ2v) is 4.18. The van der Waals surface area contributed by atoms with Crippen LogP contribution >= 0.6 is 11.3 Å². The highest BCUT2D eigenvalue weighted by atomic mass is 32.1. The minimum Gasteiger partial charge on any atom is -0.323 e. The van der Waals surface area contributed by atoms with Crippen molar-refractivity contribution in [2.45, 2.75) is 19.5 Å². The molecule has 1 unspecified atom stereocenters. The van der Waals surface area contributed by atoms with Crippen LogP contribution in [0.4, 0.5) is 0 Å². The smallest absolute Gasteiger partial charge is 0.137 e. The lowest BCUT2D eigenvalue weighted by molar-refractivity contribution is 0.681. The van der Waals surface area contributed by atoms with Gasteiger partial charge in [0.05, 0.1) is 6.54 Å². The van der Waals surface area contributed by atoms with Gasteiger partial charge in [0.25, 0.3) is 0 Å². The molecule has 0 aliphatic rings. The second-order valence-electron chi connectivity index (χ2n) is 3.04. The minimum atomic E-state index is 0.0528. The van der Waals surface area contributed by atoms with E-state index in [0.29, 0.717) is 6.54 Å². The lowest BCUT2D eigenvalue weighted by Crippen LogP contribution is -2.01. The van der Waals surface area contributed by atoms with Crippen molar-refractivity contribution < 1.29 is 0 Å². The van der Waals surface area contributed by atoms with E-state index in [0.717, 1.165) is 9.88 Å². The maximum atomic E-state index is 5.74. The summed E-state index contributed by atoms with van der Waals surface area (Å²) in [7, 11) is 0. The molecule has 0 fully saturated rings. The Balaban J connectivity index is 2.11. The van der Waals surface area contributed by atoms with E-state index in [9.17, 15) is 0 Å². The van der Waals surface area contributed by atoms with E-state index in [1.54, 1.807) is 22.3 Å². The van der Waals surface area contributed by atoms with Crippen molar-refractivity contribution in [1.29, 1.82) is 0 Å². The molecule has 0 bridgehead atoms. The predicted molar refractivity (Wildman–Crippen MR) is 53.8 cm³/mol. The number of hydrogen-bond acceptors (Lipinski definition) is 5. The molecule has 14 heavy (non-hydrogen) atoms. The van der Waals surface area contributed by atoms with Gasteiger partial charge in [0.15, 0.2) is 0 Å². The summed E-state index contributed by atoms with van der Waals surface area (Å²) in [5, 5.41) is 5.01. The SMILES string of the molecule is CC(N)c1cnc(Cn2cncn2)s1. The first-order valence-electron chi connectivity index (χ1n) is 4.28. The third-order valence-corrected chi connectivity index (χ3v) is 2.97. The van der Waals surface area contributed by atoms with Gasteiger partial charge < -0.3 is 5.73 Å². The van der Waals surface area contributed by atoms with E-state index in [4.69, 9.17) is 5.73 Å². The molecule has 0 spiro atoms. The monoisotopic (exact) mass is 209 g/mol. The second kappa shape index (κ2) is 3.85. The number of rotatable bonds is 3. The Bertz CT molecular complexity index is 392. The van der Waals surface area contributed by atoms with Crippen LogP contribution < -0.4 is 5.73 Å². The molecule has 2 heterocycles. The Kier molecular flexibility index (Phi) is 2.55. The summed E-state index contributed by atoms with van der Waals surface area (Å²) in [5.41, 5.74) is 5.74. The van der Waals surface area contributed by atoms with Gasteiger partial charge in [0, 0.05) is 17.1 Å². The molecular weight excluding hydrogens is 198 g/mol. The van der Waals surface area contributed by atoms with Crippen LogP contribution in [0, 0.1) is 0 Å². The van der Waals surface area contributed by atoms with Crippen molar-refractivity contribution in [3.63, 3.8) is 0 Å². The Hall–Kier alpha value is -1.27. The highest BCUT2D eigenvalue weighted by Gasteiger charge is 2.06. The van der Waals surface area contributed by atoms with Crippen LogP contribution in [-0.2, 0) is 6.54 Å². The zero-order valence-corrected chi connectivity index (χ0v) is 8.61. The van der Waals surface area contributed by atoms with Gasteiger partial charge in [-0.2, -0.15) is 5.10 Å². The summed E-state index contributed by atoms with van der Waals surface area (Å²) in [4.78, 5) is 9.22. The fourth-order valence-electron chi connectivity index (χ4n) is 1.06. The van der Waals surface area contributed by atoms with Crippen molar-refractivity contribution in [3.8, 4) is 0 Å².